The first kappa shape index (κ1) is 13.3. The Labute approximate surface area is 116 Å². The molecular formula is C15H14N2OS. The van der Waals surface area contributed by atoms with Gasteiger partial charge in [0, 0.05) is 11.4 Å². The van der Waals surface area contributed by atoms with E-state index in [1.807, 2.05) is 24.3 Å². The topological polar surface area (TPSA) is 52.9 Å². The molecule has 4 heteroatoms. The summed E-state index contributed by atoms with van der Waals surface area (Å²) in [5.74, 6) is -0.0629. The van der Waals surface area contributed by atoms with Gasteiger partial charge in [-0.25, -0.2) is 0 Å². The molecule has 1 aromatic carbocycles. The molecule has 1 amide bonds. The molecule has 0 saturated carbocycles. The van der Waals surface area contributed by atoms with E-state index in [0.717, 1.165) is 16.9 Å². The molecule has 0 atom stereocenters. The number of aryl methyl sites for hydroxylation is 1. The van der Waals surface area contributed by atoms with Gasteiger partial charge in [0.15, 0.2) is 0 Å². The van der Waals surface area contributed by atoms with Crippen molar-refractivity contribution in [3.8, 4) is 6.07 Å². The highest BCUT2D eigenvalue weighted by molar-refractivity contribution is 7.14. The molecular weight excluding hydrogens is 256 g/mol. The molecule has 0 spiro atoms. The molecule has 0 fully saturated rings. The van der Waals surface area contributed by atoms with Gasteiger partial charge in [0.1, 0.15) is 0 Å². The highest BCUT2D eigenvalue weighted by Gasteiger charge is 2.08. The number of carbonyl (C=O) groups is 1. The zero-order valence-corrected chi connectivity index (χ0v) is 11.5. The molecule has 3 nitrogen and oxygen atoms in total. The fourth-order valence-electron chi connectivity index (χ4n) is 1.71. The van der Waals surface area contributed by atoms with Crippen molar-refractivity contribution in [1.29, 1.82) is 5.26 Å². The van der Waals surface area contributed by atoms with Gasteiger partial charge in [-0.2, -0.15) is 5.26 Å². The van der Waals surface area contributed by atoms with Gasteiger partial charge in [0.25, 0.3) is 5.91 Å². The maximum absolute atomic E-state index is 11.9. The molecule has 1 N–H and O–H groups in total. The monoisotopic (exact) mass is 270 g/mol. The Morgan fingerprint density at radius 3 is 2.89 bits per heavy atom. The van der Waals surface area contributed by atoms with Crippen LogP contribution in [0.2, 0.25) is 0 Å². The predicted molar refractivity (Wildman–Crippen MR) is 76.0 cm³/mol. The minimum Gasteiger partial charge on any atom is -0.347 e. The lowest BCUT2D eigenvalue weighted by molar-refractivity contribution is 0.0955. The number of carbonyl (C=O) groups excluding carboxylic acids is 1. The average Bonchev–Trinajstić information content (AvgIpc) is 2.94. The van der Waals surface area contributed by atoms with Crippen LogP contribution in [0.5, 0.6) is 0 Å². The normalized spacial score (nSPS) is 9.89. The number of nitriles is 1. The quantitative estimate of drug-likeness (QED) is 0.928. The Balaban J connectivity index is 1.98. The van der Waals surface area contributed by atoms with E-state index in [4.69, 9.17) is 5.26 Å². The number of amides is 1. The van der Waals surface area contributed by atoms with E-state index < -0.39 is 0 Å². The van der Waals surface area contributed by atoms with Crippen LogP contribution in [0.4, 0.5) is 0 Å². The molecule has 0 unspecified atom stereocenters. The van der Waals surface area contributed by atoms with Crippen molar-refractivity contribution >= 4 is 17.2 Å². The molecule has 2 aromatic rings. The van der Waals surface area contributed by atoms with Crippen LogP contribution < -0.4 is 5.32 Å². The lowest BCUT2D eigenvalue weighted by Crippen LogP contribution is -2.21. The second kappa shape index (κ2) is 6.17. The standard InChI is InChI=1S/C15H14N2OS/c1-2-13-6-7-14(19-13)15(18)17-10-12-5-3-4-11(8-12)9-16/h3-8H,2,10H2,1H3,(H,17,18). The van der Waals surface area contributed by atoms with E-state index in [-0.39, 0.29) is 5.91 Å². The van der Waals surface area contributed by atoms with Crippen molar-refractivity contribution in [3.63, 3.8) is 0 Å². The van der Waals surface area contributed by atoms with Gasteiger partial charge in [-0.15, -0.1) is 11.3 Å². The fraction of sp³-hybridized carbons (Fsp3) is 0.200. The zero-order valence-electron chi connectivity index (χ0n) is 10.6. The van der Waals surface area contributed by atoms with Crippen molar-refractivity contribution in [2.45, 2.75) is 19.9 Å². The predicted octanol–water partition coefficient (Wildman–Crippen LogP) is 3.11. The second-order valence-electron chi connectivity index (χ2n) is 4.11. The number of hydrogen-bond donors (Lipinski definition) is 1. The molecule has 1 aromatic heterocycles. The summed E-state index contributed by atoms with van der Waals surface area (Å²) in [6, 6.07) is 13.2. The van der Waals surface area contributed by atoms with Crippen LogP contribution in [0.25, 0.3) is 0 Å². The van der Waals surface area contributed by atoms with E-state index in [2.05, 4.69) is 18.3 Å². The molecule has 96 valence electrons. The molecule has 0 aliphatic heterocycles. The Morgan fingerprint density at radius 1 is 1.37 bits per heavy atom. The van der Waals surface area contributed by atoms with Crippen LogP contribution in [0.1, 0.15) is 32.6 Å². The smallest absolute Gasteiger partial charge is 0.261 e. The number of nitrogens with one attached hydrogen (secondary N) is 1. The average molecular weight is 270 g/mol. The van der Waals surface area contributed by atoms with Gasteiger partial charge >= 0.3 is 0 Å². The Bertz CT molecular complexity index is 625. The summed E-state index contributed by atoms with van der Waals surface area (Å²) in [7, 11) is 0. The van der Waals surface area contributed by atoms with Gasteiger partial charge in [0.05, 0.1) is 16.5 Å². The summed E-state index contributed by atoms with van der Waals surface area (Å²) in [6.07, 6.45) is 0.947. The van der Waals surface area contributed by atoms with E-state index in [1.54, 1.807) is 12.1 Å². The number of nitrogens with zero attached hydrogens (tertiary/aromatic N) is 1. The Hall–Kier alpha value is -2.12. The minimum absolute atomic E-state index is 0.0629. The molecule has 1 heterocycles. The summed E-state index contributed by atoms with van der Waals surface area (Å²) < 4.78 is 0. The third kappa shape index (κ3) is 3.43. The molecule has 0 bridgehead atoms. The zero-order chi connectivity index (χ0) is 13.7. The maximum Gasteiger partial charge on any atom is 0.261 e. The first-order chi connectivity index (χ1) is 9.22. The summed E-state index contributed by atoms with van der Waals surface area (Å²) in [5, 5.41) is 11.7. The van der Waals surface area contributed by atoms with Gasteiger partial charge in [-0.05, 0) is 36.2 Å². The van der Waals surface area contributed by atoms with E-state index >= 15 is 0 Å². The van der Waals surface area contributed by atoms with Crippen molar-refractivity contribution in [3.05, 3.63) is 57.3 Å². The molecule has 2 rings (SSSR count). The van der Waals surface area contributed by atoms with E-state index in [0.29, 0.717) is 12.1 Å². The summed E-state index contributed by atoms with van der Waals surface area (Å²) in [4.78, 5) is 13.9. The number of rotatable bonds is 4. The van der Waals surface area contributed by atoms with Crippen LogP contribution >= 0.6 is 11.3 Å². The van der Waals surface area contributed by atoms with Gasteiger partial charge in [-0.3, -0.25) is 4.79 Å². The van der Waals surface area contributed by atoms with Crippen LogP contribution in [0.15, 0.2) is 36.4 Å². The highest BCUT2D eigenvalue weighted by atomic mass is 32.1. The number of benzene rings is 1. The third-order valence-corrected chi connectivity index (χ3v) is 3.97. The first-order valence-electron chi connectivity index (χ1n) is 6.09. The number of thiophene rings is 1. The molecule has 19 heavy (non-hydrogen) atoms. The third-order valence-electron chi connectivity index (χ3n) is 2.74. The SMILES string of the molecule is CCc1ccc(C(=O)NCc2cccc(C#N)c2)s1. The summed E-state index contributed by atoms with van der Waals surface area (Å²) >= 11 is 1.52. The van der Waals surface area contributed by atoms with Crippen molar-refractivity contribution in [1.82, 2.24) is 5.32 Å². The number of hydrogen-bond acceptors (Lipinski definition) is 3. The van der Waals surface area contributed by atoms with Gasteiger partial charge < -0.3 is 5.32 Å². The van der Waals surface area contributed by atoms with Gasteiger partial charge in [0.2, 0.25) is 0 Å². The lowest BCUT2D eigenvalue weighted by Gasteiger charge is -2.04. The molecule has 0 radical (unpaired) electrons. The maximum atomic E-state index is 11.9. The molecule has 0 saturated heterocycles. The van der Waals surface area contributed by atoms with E-state index in [9.17, 15) is 4.79 Å². The van der Waals surface area contributed by atoms with Crippen molar-refractivity contribution in [2.24, 2.45) is 0 Å². The van der Waals surface area contributed by atoms with Crippen LogP contribution in [0, 0.1) is 11.3 Å². The first-order valence-corrected chi connectivity index (χ1v) is 6.90. The largest absolute Gasteiger partial charge is 0.347 e. The summed E-state index contributed by atoms with van der Waals surface area (Å²) in [6.45, 7) is 2.51. The van der Waals surface area contributed by atoms with Crippen LogP contribution in [-0.2, 0) is 13.0 Å². The van der Waals surface area contributed by atoms with Crippen molar-refractivity contribution in [2.75, 3.05) is 0 Å². The van der Waals surface area contributed by atoms with Crippen LogP contribution in [0.3, 0.4) is 0 Å². The van der Waals surface area contributed by atoms with Crippen molar-refractivity contribution < 1.29 is 4.79 Å². The lowest BCUT2D eigenvalue weighted by atomic mass is 10.1. The highest BCUT2D eigenvalue weighted by Crippen LogP contribution is 2.16. The van der Waals surface area contributed by atoms with Gasteiger partial charge in [-0.1, -0.05) is 19.1 Å². The fourth-order valence-corrected chi connectivity index (χ4v) is 2.57. The summed E-state index contributed by atoms with van der Waals surface area (Å²) in [5.41, 5.74) is 1.54. The Morgan fingerprint density at radius 2 is 2.21 bits per heavy atom. The molecule has 0 aliphatic rings. The Kier molecular flexibility index (Phi) is 4.32. The van der Waals surface area contributed by atoms with Crippen LogP contribution in [-0.4, -0.2) is 5.91 Å². The second-order valence-corrected chi connectivity index (χ2v) is 5.28. The minimum atomic E-state index is -0.0629. The molecule has 0 aliphatic carbocycles. The van der Waals surface area contributed by atoms with E-state index in [1.165, 1.54) is 16.2 Å².